The van der Waals surface area contributed by atoms with Crippen LogP contribution in [0.2, 0.25) is 0 Å². The first-order valence-electron chi connectivity index (χ1n) is 7.47. The molecule has 10 heteroatoms. The number of thioether (sulfide) groups is 1. The third kappa shape index (κ3) is 3.40. The molecule has 0 aliphatic carbocycles. The Morgan fingerprint density at radius 3 is 2.40 bits per heavy atom. The fourth-order valence-electron chi connectivity index (χ4n) is 2.93. The van der Waals surface area contributed by atoms with Gasteiger partial charge in [0.05, 0.1) is 45.1 Å². The lowest BCUT2D eigenvalue weighted by molar-refractivity contribution is 0.324. The van der Waals surface area contributed by atoms with Gasteiger partial charge in [0, 0.05) is 10.8 Å². The van der Waals surface area contributed by atoms with Crippen molar-refractivity contribution in [1.82, 2.24) is 5.01 Å². The van der Waals surface area contributed by atoms with Gasteiger partial charge in [0.25, 0.3) is 0 Å². The molecule has 2 aliphatic heterocycles. The molecule has 0 saturated carbocycles. The predicted octanol–water partition coefficient (Wildman–Crippen LogP) is 1.20. The van der Waals surface area contributed by atoms with Gasteiger partial charge in [0.2, 0.25) is 5.75 Å². The molecular weight excluding hydrogens is 366 g/mol. The molecule has 136 valence electrons. The SMILES string of the molecule is COc1cc(/C=N\N2C(=N)S[C@H]3CS(=O)(=O)C[C@@H]32)cc(OC)c1OC. The average Bonchev–Trinajstić information content (AvgIpc) is 3.01. The second-order valence-corrected chi connectivity index (χ2v) is 9.04. The number of nitrogens with one attached hydrogen (secondary N) is 1. The number of rotatable bonds is 5. The minimum Gasteiger partial charge on any atom is -0.493 e. The van der Waals surface area contributed by atoms with E-state index in [2.05, 4.69) is 5.10 Å². The first kappa shape index (κ1) is 17.9. The molecule has 2 aliphatic rings. The Hall–Kier alpha value is -1.94. The van der Waals surface area contributed by atoms with Gasteiger partial charge in [0.1, 0.15) is 0 Å². The molecule has 1 aromatic carbocycles. The Bertz CT molecular complexity index is 799. The van der Waals surface area contributed by atoms with Crippen molar-refractivity contribution in [1.29, 1.82) is 5.41 Å². The summed E-state index contributed by atoms with van der Waals surface area (Å²) in [5.74, 6) is 1.60. The highest BCUT2D eigenvalue weighted by molar-refractivity contribution is 8.15. The second-order valence-electron chi connectivity index (χ2n) is 5.65. The summed E-state index contributed by atoms with van der Waals surface area (Å²) in [4.78, 5) is 0. The smallest absolute Gasteiger partial charge is 0.203 e. The van der Waals surface area contributed by atoms with E-state index >= 15 is 0 Å². The lowest BCUT2D eigenvalue weighted by Crippen LogP contribution is -2.32. The molecule has 8 nitrogen and oxygen atoms in total. The lowest BCUT2D eigenvalue weighted by Gasteiger charge is -2.17. The number of hydrogen-bond donors (Lipinski definition) is 1. The molecule has 1 aromatic rings. The second kappa shape index (κ2) is 6.75. The van der Waals surface area contributed by atoms with Gasteiger partial charge in [-0.2, -0.15) is 5.10 Å². The van der Waals surface area contributed by atoms with Gasteiger partial charge in [-0.15, -0.1) is 0 Å². The van der Waals surface area contributed by atoms with E-state index in [0.29, 0.717) is 22.8 Å². The standard InChI is InChI=1S/C15H19N3O5S2/c1-21-11-4-9(5-12(22-2)14(11)23-3)6-17-18-10-7-25(19,20)8-13(10)24-15(18)16/h4-6,10,13,16H,7-8H2,1-3H3/b16-15?,17-6-/t10-,13-/m0/s1. The van der Waals surface area contributed by atoms with Gasteiger partial charge in [0.15, 0.2) is 26.5 Å². The molecule has 0 radical (unpaired) electrons. The van der Waals surface area contributed by atoms with Crippen molar-refractivity contribution in [3.63, 3.8) is 0 Å². The summed E-state index contributed by atoms with van der Waals surface area (Å²) in [5.41, 5.74) is 0.691. The van der Waals surface area contributed by atoms with Crippen LogP contribution in [0.1, 0.15) is 5.56 Å². The van der Waals surface area contributed by atoms with Crippen molar-refractivity contribution < 1.29 is 22.6 Å². The maximum absolute atomic E-state index is 11.8. The van der Waals surface area contributed by atoms with Crippen molar-refractivity contribution in [3.8, 4) is 17.2 Å². The van der Waals surface area contributed by atoms with Gasteiger partial charge in [-0.05, 0) is 12.1 Å². The van der Waals surface area contributed by atoms with E-state index in [0.717, 1.165) is 0 Å². The third-order valence-electron chi connectivity index (χ3n) is 4.08. The quantitative estimate of drug-likeness (QED) is 0.760. The summed E-state index contributed by atoms with van der Waals surface area (Å²) in [6.07, 6.45) is 1.56. The van der Waals surface area contributed by atoms with E-state index in [1.807, 2.05) is 0 Å². The monoisotopic (exact) mass is 385 g/mol. The number of ether oxygens (including phenoxy) is 3. The highest BCUT2D eigenvalue weighted by Gasteiger charge is 2.48. The fraction of sp³-hybridized carbons (Fsp3) is 0.467. The molecule has 2 fully saturated rings. The zero-order valence-corrected chi connectivity index (χ0v) is 15.7. The van der Waals surface area contributed by atoms with Crippen molar-refractivity contribution in [2.24, 2.45) is 5.10 Å². The van der Waals surface area contributed by atoms with Crippen LogP contribution in [0.3, 0.4) is 0 Å². The van der Waals surface area contributed by atoms with E-state index in [1.54, 1.807) is 18.3 Å². The summed E-state index contributed by atoms with van der Waals surface area (Å²) in [6, 6.07) is 3.18. The van der Waals surface area contributed by atoms with E-state index in [1.165, 1.54) is 38.1 Å². The molecular formula is C15H19N3O5S2. The van der Waals surface area contributed by atoms with E-state index in [9.17, 15) is 8.42 Å². The van der Waals surface area contributed by atoms with Gasteiger partial charge >= 0.3 is 0 Å². The molecule has 0 amide bonds. The molecule has 2 saturated heterocycles. The third-order valence-corrected chi connectivity index (χ3v) is 7.20. The number of nitrogens with zero attached hydrogens (tertiary/aromatic N) is 2. The molecule has 0 bridgehead atoms. The van der Waals surface area contributed by atoms with Crippen molar-refractivity contribution in [3.05, 3.63) is 17.7 Å². The number of sulfone groups is 1. The predicted molar refractivity (Wildman–Crippen MR) is 97.1 cm³/mol. The van der Waals surface area contributed by atoms with Crippen LogP contribution in [0, 0.1) is 5.41 Å². The Labute approximate surface area is 150 Å². The van der Waals surface area contributed by atoms with E-state index in [-0.39, 0.29) is 28.0 Å². The Kier molecular flexibility index (Phi) is 4.83. The highest BCUT2D eigenvalue weighted by atomic mass is 32.2. The number of amidine groups is 1. The molecule has 2 heterocycles. The lowest BCUT2D eigenvalue weighted by atomic mass is 10.2. The zero-order chi connectivity index (χ0) is 18.2. The molecule has 0 unspecified atom stereocenters. The van der Waals surface area contributed by atoms with Gasteiger partial charge in [-0.3, -0.25) is 5.41 Å². The number of fused-ring (bicyclic) bond motifs is 1. The van der Waals surface area contributed by atoms with Crippen LogP contribution in [0.4, 0.5) is 0 Å². The molecule has 0 spiro atoms. The van der Waals surface area contributed by atoms with Crippen LogP contribution >= 0.6 is 11.8 Å². The summed E-state index contributed by atoms with van der Waals surface area (Å²) in [6.45, 7) is 0. The van der Waals surface area contributed by atoms with Crippen LogP contribution in [0.15, 0.2) is 17.2 Å². The Morgan fingerprint density at radius 2 is 1.84 bits per heavy atom. The highest BCUT2D eigenvalue weighted by Crippen LogP contribution is 2.39. The maximum Gasteiger partial charge on any atom is 0.203 e. The molecule has 25 heavy (non-hydrogen) atoms. The Morgan fingerprint density at radius 1 is 1.20 bits per heavy atom. The van der Waals surface area contributed by atoms with Crippen molar-refractivity contribution in [2.75, 3.05) is 32.8 Å². The van der Waals surface area contributed by atoms with Gasteiger partial charge in [-0.1, -0.05) is 11.8 Å². The normalized spacial score (nSPS) is 24.6. The minimum atomic E-state index is -3.06. The molecule has 2 atom stereocenters. The topological polar surface area (TPSA) is 101 Å². The summed E-state index contributed by atoms with van der Waals surface area (Å²) < 4.78 is 39.5. The van der Waals surface area contributed by atoms with E-state index in [4.69, 9.17) is 19.6 Å². The van der Waals surface area contributed by atoms with Gasteiger partial charge in [-0.25, -0.2) is 13.4 Å². The number of hydrogen-bond acceptors (Lipinski definition) is 8. The van der Waals surface area contributed by atoms with Crippen LogP contribution in [-0.2, 0) is 9.84 Å². The zero-order valence-electron chi connectivity index (χ0n) is 14.1. The van der Waals surface area contributed by atoms with Crippen LogP contribution < -0.4 is 14.2 Å². The van der Waals surface area contributed by atoms with Gasteiger partial charge < -0.3 is 14.2 Å². The number of benzene rings is 1. The summed E-state index contributed by atoms with van der Waals surface area (Å²) in [7, 11) is 1.51. The van der Waals surface area contributed by atoms with Crippen LogP contribution in [0.25, 0.3) is 0 Å². The molecule has 0 aromatic heterocycles. The minimum absolute atomic E-state index is 0.0274. The summed E-state index contributed by atoms with van der Waals surface area (Å²) in [5, 5.41) is 14.0. The fourth-order valence-corrected chi connectivity index (χ4v) is 6.64. The first-order valence-corrected chi connectivity index (χ1v) is 10.2. The number of hydrazone groups is 1. The summed E-state index contributed by atoms with van der Waals surface area (Å²) >= 11 is 1.25. The first-order chi connectivity index (χ1) is 11.9. The van der Waals surface area contributed by atoms with Crippen molar-refractivity contribution in [2.45, 2.75) is 11.3 Å². The molecule has 3 rings (SSSR count). The Balaban J connectivity index is 1.88. The van der Waals surface area contributed by atoms with Crippen molar-refractivity contribution >= 4 is 33.0 Å². The van der Waals surface area contributed by atoms with Crippen LogP contribution in [-0.4, -0.2) is 68.9 Å². The van der Waals surface area contributed by atoms with E-state index < -0.39 is 9.84 Å². The largest absolute Gasteiger partial charge is 0.493 e. The van der Waals surface area contributed by atoms with Crippen LogP contribution in [0.5, 0.6) is 17.2 Å². The molecule has 1 N–H and O–H groups in total. The number of methoxy groups -OCH3 is 3. The average molecular weight is 385 g/mol. The maximum atomic E-state index is 11.8.